The predicted molar refractivity (Wildman–Crippen MR) is 103 cm³/mol. The average molecular weight is 419 g/mol. The number of fused-ring (bicyclic) bond motifs is 5. The minimum Gasteiger partial charge on any atom is -0.549 e. The van der Waals surface area contributed by atoms with Crippen LogP contribution in [0.5, 0.6) is 0 Å². The fraction of sp³-hybridized carbons (Fsp3) is 0.826. The van der Waals surface area contributed by atoms with E-state index in [2.05, 4.69) is 6.92 Å². The first-order chi connectivity index (χ1) is 14.1. The number of hydrogen-bond acceptors (Lipinski definition) is 7. The number of carbonyl (C=O) groups excluding carboxylic acids is 2. The van der Waals surface area contributed by atoms with Crippen molar-refractivity contribution in [2.24, 2.45) is 28.6 Å². The molecule has 0 aromatic heterocycles. The molecule has 0 amide bonds. The molecule has 0 spiro atoms. The maximum Gasteiger partial charge on any atom is 0.331 e. The third-order valence-electron chi connectivity index (χ3n) is 9.92. The zero-order valence-electron chi connectivity index (χ0n) is 17.4. The smallest absolute Gasteiger partial charge is 0.331 e. The summed E-state index contributed by atoms with van der Waals surface area (Å²) < 4.78 is 5.13. The van der Waals surface area contributed by atoms with Crippen molar-refractivity contribution in [2.45, 2.75) is 82.0 Å². The minimum atomic E-state index is -1.50. The number of aliphatic hydroxyl groups is 3. The fourth-order valence-electron chi connectivity index (χ4n) is 8.47. The lowest BCUT2D eigenvalue weighted by molar-refractivity contribution is -0.350. The molecule has 7 heteroatoms. The zero-order chi connectivity index (χ0) is 21.5. The van der Waals surface area contributed by atoms with Gasteiger partial charge in [-0.3, -0.25) is 0 Å². The van der Waals surface area contributed by atoms with Crippen molar-refractivity contribution in [3.63, 3.8) is 0 Å². The lowest BCUT2D eigenvalue weighted by atomic mass is 9.41. The summed E-state index contributed by atoms with van der Waals surface area (Å²) in [6.45, 7) is 2.34. The van der Waals surface area contributed by atoms with Crippen LogP contribution in [-0.4, -0.2) is 51.2 Å². The molecule has 0 bridgehead atoms. The molecule has 166 valence electrons. The Labute approximate surface area is 176 Å². The Morgan fingerprint density at radius 2 is 1.83 bits per heavy atom. The number of carbonyl (C=O) groups is 2. The Bertz CT molecular complexity index is 822. The molecule has 7 nitrogen and oxygen atoms in total. The number of carboxylic acids is 1. The summed E-state index contributed by atoms with van der Waals surface area (Å²) in [4.78, 5) is 24.2. The highest BCUT2D eigenvalue weighted by atomic mass is 16.5. The zero-order valence-corrected chi connectivity index (χ0v) is 17.4. The number of cyclic esters (lactones) is 1. The molecule has 0 saturated heterocycles. The Hall–Kier alpha value is -1.44. The number of aliphatic carboxylic acids is 1. The van der Waals surface area contributed by atoms with Crippen molar-refractivity contribution in [1.82, 2.24) is 0 Å². The van der Waals surface area contributed by atoms with Crippen molar-refractivity contribution >= 4 is 11.9 Å². The Balaban J connectivity index is 1.54. The number of aliphatic hydroxyl groups excluding tert-OH is 1. The molecule has 0 aromatic rings. The van der Waals surface area contributed by atoms with Gasteiger partial charge in [0.25, 0.3) is 0 Å². The number of carboxylic acid groups (broad SMARTS) is 1. The van der Waals surface area contributed by atoms with Crippen LogP contribution in [0.3, 0.4) is 0 Å². The standard InChI is InChI=1S/C23H32O7/c1-20-6-3-16-17(23(20,29)9-5-15(20)13-10-18(25)30-12-13)4-7-21(28)11-14(24)2-8-22(16,21)19(26)27/h10,14-17,24,28-29H,2-9,11-12H2,1H3,(H,26,27)/p-1/t14-,15-,16-,17+,20+,21-,22+,23-/m0/s1. The maximum absolute atomic E-state index is 12.6. The van der Waals surface area contributed by atoms with E-state index >= 15 is 0 Å². The van der Waals surface area contributed by atoms with Crippen LogP contribution in [0.2, 0.25) is 0 Å². The van der Waals surface area contributed by atoms with E-state index < -0.39 is 34.1 Å². The summed E-state index contributed by atoms with van der Waals surface area (Å²) >= 11 is 0. The quantitative estimate of drug-likeness (QED) is 0.555. The molecular formula is C23H31O7-. The maximum atomic E-state index is 12.6. The first kappa shape index (κ1) is 20.5. The third-order valence-corrected chi connectivity index (χ3v) is 9.92. The highest BCUT2D eigenvalue weighted by molar-refractivity contribution is 5.85. The molecule has 8 atom stereocenters. The Morgan fingerprint density at radius 1 is 1.10 bits per heavy atom. The first-order valence-electron chi connectivity index (χ1n) is 11.3. The van der Waals surface area contributed by atoms with Gasteiger partial charge >= 0.3 is 5.97 Å². The largest absolute Gasteiger partial charge is 0.549 e. The molecule has 5 rings (SSSR count). The van der Waals surface area contributed by atoms with Crippen LogP contribution >= 0.6 is 0 Å². The van der Waals surface area contributed by atoms with Crippen molar-refractivity contribution in [3.8, 4) is 0 Å². The monoisotopic (exact) mass is 419 g/mol. The Morgan fingerprint density at radius 3 is 2.50 bits per heavy atom. The number of esters is 1. The second-order valence-electron chi connectivity index (χ2n) is 10.7. The van der Waals surface area contributed by atoms with Crippen molar-refractivity contribution < 1.29 is 34.8 Å². The molecule has 0 aromatic carbocycles. The molecular weight excluding hydrogens is 388 g/mol. The van der Waals surface area contributed by atoms with Crippen LogP contribution in [0.15, 0.2) is 11.6 Å². The highest BCUT2D eigenvalue weighted by Crippen LogP contribution is 2.70. The second kappa shape index (κ2) is 6.30. The van der Waals surface area contributed by atoms with E-state index in [-0.39, 0.29) is 49.6 Å². The number of hydrogen-bond donors (Lipinski definition) is 3. The van der Waals surface area contributed by atoms with Crippen LogP contribution in [0.25, 0.3) is 0 Å². The molecule has 3 N–H and O–H groups in total. The predicted octanol–water partition coefficient (Wildman–Crippen LogP) is 0.449. The topological polar surface area (TPSA) is 127 Å². The van der Waals surface area contributed by atoms with Crippen molar-refractivity contribution in [3.05, 3.63) is 11.6 Å². The van der Waals surface area contributed by atoms with Gasteiger partial charge in [-0.15, -0.1) is 0 Å². The number of rotatable bonds is 2. The van der Waals surface area contributed by atoms with Crippen LogP contribution in [0, 0.1) is 28.6 Å². The molecule has 0 unspecified atom stereocenters. The molecule has 4 fully saturated rings. The van der Waals surface area contributed by atoms with Crippen LogP contribution in [0.4, 0.5) is 0 Å². The summed E-state index contributed by atoms with van der Waals surface area (Å²) in [5.74, 6) is -2.19. The second-order valence-corrected chi connectivity index (χ2v) is 10.7. The Kier molecular flexibility index (Phi) is 4.30. The van der Waals surface area contributed by atoms with E-state index in [1.54, 1.807) is 6.08 Å². The van der Waals surface area contributed by atoms with Crippen molar-refractivity contribution in [2.75, 3.05) is 6.61 Å². The summed E-state index contributed by atoms with van der Waals surface area (Å²) in [6.07, 6.45) is 4.64. The highest BCUT2D eigenvalue weighted by Gasteiger charge is 2.71. The van der Waals surface area contributed by atoms with Gasteiger partial charge in [0.05, 0.1) is 23.3 Å². The average Bonchev–Trinajstić information content (AvgIpc) is 3.21. The van der Waals surface area contributed by atoms with Gasteiger partial charge in [-0.2, -0.15) is 0 Å². The van der Waals surface area contributed by atoms with Gasteiger partial charge in [0.1, 0.15) is 6.61 Å². The molecule has 0 radical (unpaired) electrons. The van der Waals surface area contributed by atoms with E-state index in [0.29, 0.717) is 32.1 Å². The van der Waals surface area contributed by atoms with Gasteiger partial charge in [-0.25, -0.2) is 4.79 Å². The molecule has 30 heavy (non-hydrogen) atoms. The van der Waals surface area contributed by atoms with Gasteiger partial charge < -0.3 is 30.0 Å². The molecule has 1 aliphatic heterocycles. The summed E-state index contributed by atoms with van der Waals surface area (Å²) in [6, 6.07) is 0. The third kappa shape index (κ3) is 2.32. The van der Waals surface area contributed by atoms with E-state index in [9.17, 15) is 30.0 Å². The van der Waals surface area contributed by atoms with E-state index in [1.165, 1.54) is 0 Å². The van der Waals surface area contributed by atoms with Crippen LogP contribution in [0.1, 0.15) is 64.7 Å². The molecule has 5 aliphatic rings. The summed E-state index contributed by atoms with van der Waals surface area (Å²) in [5, 5.41) is 46.2. The van der Waals surface area contributed by atoms with Gasteiger partial charge in [0.2, 0.25) is 0 Å². The summed E-state index contributed by atoms with van der Waals surface area (Å²) in [7, 11) is 0. The van der Waals surface area contributed by atoms with Gasteiger partial charge in [-0.05, 0) is 74.7 Å². The molecule has 1 heterocycles. The van der Waals surface area contributed by atoms with Crippen LogP contribution < -0.4 is 5.11 Å². The van der Waals surface area contributed by atoms with Crippen molar-refractivity contribution in [1.29, 1.82) is 0 Å². The van der Waals surface area contributed by atoms with E-state index in [0.717, 1.165) is 12.0 Å². The molecule has 4 aliphatic carbocycles. The lowest BCUT2D eigenvalue weighted by Gasteiger charge is -2.67. The van der Waals surface area contributed by atoms with E-state index in [4.69, 9.17) is 4.74 Å². The van der Waals surface area contributed by atoms with Gasteiger partial charge in [0, 0.05) is 23.3 Å². The summed E-state index contributed by atoms with van der Waals surface area (Å²) in [5.41, 5.74) is -3.53. The van der Waals surface area contributed by atoms with Gasteiger partial charge in [0.15, 0.2) is 0 Å². The molecule has 4 saturated carbocycles. The van der Waals surface area contributed by atoms with Crippen LogP contribution in [-0.2, 0) is 14.3 Å². The fourth-order valence-corrected chi connectivity index (χ4v) is 8.47. The lowest BCUT2D eigenvalue weighted by Crippen LogP contribution is -2.72. The first-order valence-corrected chi connectivity index (χ1v) is 11.3. The number of ether oxygens (including phenoxy) is 1. The van der Waals surface area contributed by atoms with Gasteiger partial charge in [-0.1, -0.05) is 6.92 Å². The SMILES string of the molecule is C[C@]12CC[C@H]3[C@@H](CC[C@]4(O)C[C@@H](O)CC[C@]34C(=O)[O-])[C@@]1(O)CC[C@H]2C1=CC(=O)OC1. The normalized spacial score (nSPS) is 52.7. The van der Waals surface area contributed by atoms with E-state index in [1.807, 2.05) is 0 Å². The minimum absolute atomic E-state index is 0.0304.